The van der Waals surface area contributed by atoms with Crippen LogP contribution in [0.2, 0.25) is 0 Å². The maximum absolute atomic E-state index is 5.58. The van der Waals surface area contributed by atoms with E-state index in [4.69, 9.17) is 11.5 Å². The maximum Gasteiger partial charge on any atom is 0.149 e. The molecule has 0 aliphatic rings. The van der Waals surface area contributed by atoms with Crippen LogP contribution in [0.4, 0.5) is 23.0 Å². The van der Waals surface area contributed by atoms with Crippen LogP contribution in [0.15, 0.2) is 36.7 Å². The summed E-state index contributed by atoms with van der Waals surface area (Å²) in [7, 11) is 0. The number of nitrogens with two attached hydrogens (primary N) is 2. The van der Waals surface area contributed by atoms with Gasteiger partial charge in [0.05, 0.1) is 11.4 Å². The van der Waals surface area contributed by atoms with Crippen LogP contribution in [0.3, 0.4) is 0 Å². The lowest BCUT2D eigenvalue weighted by Crippen LogP contribution is -2.02. The fraction of sp³-hybridized carbons (Fsp3) is 0.286. The predicted molar refractivity (Wildman–Crippen MR) is 85.6 cm³/mol. The van der Waals surface area contributed by atoms with Gasteiger partial charge in [-0.1, -0.05) is 0 Å². The van der Waals surface area contributed by atoms with Gasteiger partial charge in [0.25, 0.3) is 0 Å². The molecule has 0 aliphatic carbocycles. The van der Waals surface area contributed by atoms with Crippen molar-refractivity contribution in [2.45, 2.75) is 13.8 Å². The minimum absolute atomic E-state index is 0.698. The van der Waals surface area contributed by atoms with Gasteiger partial charge >= 0.3 is 0 Å². The highest BCUT2D eigenvalue weighted by atomic mass is 15.0. The Morgan fingerprint density at radius 1 is 0.850 bits per heavy atom. The Bertz CT molecular complexity index is 467. The van der Waals surface area contributed by atoms with Crippen molar-refractivity contribution in [2.24, 2.45) is 0 Å². The topological polar surface area (TPSA) is 102 Å². The normalized spacial score (nSPS) is 9.30. The fourth-order valence-electron chi connectivity index (χ4n) is 1.47. The van der Waals surface area contributed by atoms with Crippen molar-refractivity contribution in [3.63, 3.8) is 0 Å². The zero-order chi connectivity index (χ0) is 14.8. The molecule has 108 valence electrons. The number of aromatic nitrogens is 2. The number of hydrogen-bond acceptors (Lipinski definition) is 6. The average molecular weight is 274 g/mol. The van der Waals surface area contributed by atoms with E-state index in [-0.39, 0.29) is 0 Å². The molecular weight excluding hydrogens is 252 g/mol. The van der Waals surface area contributed by atoms with Gasteiger partial charge in [0.2, 0.25) is 0 Å². The van der Waals surface area contributed by atoms with Crippen LogP contribution in [0.25, 0.3) is 0 Å². The molecule has 0 aromatic carbocycles. The predicted octanol–water partition coefficient (Wildman–Crippen LogP) is 2.19. The molecule has 0 unspecified atom stereocenters. The molecule has 0 fully saturated rings. The lowest BCUT2D eigenvalue weighted by molar-refractivity contribution is 1.16. The van der Waals surface area contributed by atoms with E-state index in [1.54, 1.807) is 12.4 Å². The van der Waals surface area contributed by atoms with Gasteiger partial charge in [-0.3, -0.25) is 0 Å². The Kier molecular flexibility index (Phi) is 6.67. The van der Waals surface area contributed by atoms with Crippen LogP contribution < -0.4 is 22.1 Å². The molecule has 0 atom stereocenters. The minimum atomic E-state index is 0.698. The van der Waals surface area contributed by atoms with Crippen molar-refractivity contribution < 1.29 is 0 Å². The summed E-state index contributed by atoms with van der Waals surface area (Å²) in [4.78, 5) is 8.06. The SMILES string of the molecule is CCNc1ncccc1N.CCNc1ncccc1N. The van der Waals surface area contributed by atoms with Crippen LogP contribution in [-0.4, -0.2) is 23.1 Å². The molecular formula is C14H22N6. The van der Waals surface area contributed by atoms with Crippen LogP contribution >= 0.6 is 0 Å². The van der Waals surface area contributed by atoms with Crippen molar-refractivity contribution in [2.75, 3.05) is 35.2 Å². The second-order valence-corrected chi connectivity index (χ2v) is 3.94. The summed E-state index contributed by atoms with van der Waals surface area (Å²) < 4.78 is 0. The maximum atomic E-state index is 5.58. The number of pyridine rings is 2. The molecule has 6 nitrogen and oxygen atoms in total. The lowest BCUT2D eigenvalue weighted by atomic mass is 10.4. The molecule has 2 rings (SSSR count). The number of nitrogen functional groups attached to an aromatic ring is 2. The van der Waals surface area contributed by atoms with Crippen molar-refractivity contribution in [3.8, 4) is 0 Å². The second-order valence-electron chi connectivity index (χ2n) is 3.94. The van der Waals surface area contributed by atoms with E-state index >= 15 is 0 Å². The highest BCUT2D eigenvalue weighted by Crippen LogP contribution is 2.12. The van der Waals surface area contributed by atoms with E-state index in [1.165, 1.54) is 0 Å². The average Bonchev–Trinajstić information content (AvgIpc) is 2.45. The molecule has 0 bridgehead atoms. The smallest absolute Gasteiger partial charge is 0.149 e. The Morgan fingerprint density at radius 3 is 1.55 bits per heavy atom. The number of anilines is 4. The quantitative estimate of drug-likeness (QED) is 0.681. The summed E-state index contributed by atoms with van der Waals surface area (Å²) >= 11 is 0. The summed E-state index contributed by atoms with van der Waals surface area (Å²) in [6, 6.07) is 7.28. The van der Waals surface area contributed by atoms with Gasteiger partial charge in [0, 0.05) is 25.5 Å². The summed E-state index contributed by atoms with van der Waals surface area (Å²) in [5, 5.41) is 6.08. The first kappa shape index (κ1) is 15.6. The Balaban J connectivity index is 0.000000200. The van der Waals surface area contributed by atoms with E-state index < -0.39 is 0 Å². The molecule has 2 heterocycles. The third kappa shape index (κ3) is 5.01. The Morgan fingerprint density at radius 2 is 1.25 bits per heavy atom. The molecule has 0 aliphatic heterocycles. The van der Waals surface area contributed by atoms with Gasteiger partial charge in [0.1, 0.15) is 11.6 Å². The van der Waals surface area contributed by atoms with E-state index in [9.17, 15) is 0 Å². The highest BCUT2D eigenvalue weighted by molar-refractivity contribution is 5.60. The van der Waals surface area contributed by atoms with E-state index in [1.807, 2.05) is 38.1 Å². The number of hydrogen-bond donors (Lipinski definition) is 4. The van der Waals surface area contributed by atoms with Gasteiger partial charge in [-0.05, 0) is 38.1 Å². The van der Waals surface area contributed by atoms with Gasteiger partial charge < -0.3 is 22.1 Å². The summed E-state index contributed by atoms with van der Waals surface area (Å²) in [6.07, 6.45) is 3.43. The van der Waals surface area contributed by atoms with Crippen LogP contribution in [-0.2, 0) is 0 Å². The minimum Gasteiger partial charge on any atom is -0.396 e. The largest absolute Gasteiger partial charge is 0.396 e. The lowest BCUT2D eigenvalue weighted by Gasteiger charge is -2.03. The molecule has 0 saturated carbocycles. The van der Waals surface area contributed by atoms with Crippen molar-refractivity contribution in [1.29, 1.82) is 0 Å². The second kappa shape index (κ2) is 8.58. The van der Waals surface area contributed by atoms with Gasteiger partial charge in [-0.15, -0.1) is 0 Å². The number of rotatable bonds is 4. The highest BCUT2D eigenvalue weighted by Gasteiger charge is 1.94. The van der Waals surface area contributed by atoms with E-state index in [0.717, 1.165) is 24.7 Å². The molecule has 2 aromatic rings. The molecule has 20 heavy (non-hydrogen) atoms. The monoisotopic (exact) mass is 274 g/mol. The zero-order valence-corrected chi connectivity index (χ0v) is 11.9. The van der Waals surface area contributed by atoms with Crippen molar-refractivity contribution >= 4 is 23.0 Å². The molecule has 6 N–H and O–H groups in total. The first-order valence-corrected chi connectivity index (χ1v) is 6.57. The first-order chi connectivity index (χ1) is 9.69. The standard InChI is InChI=1S/2C7H11N3/c2*1-2-9-7-6(8)4-3-5-10-7/h2*3-5H,2,8H2,1H3,(H,9,10). The van der Waals surface area contributed by atoms with Gasteiger partial charge in [0.15, 0.2) is 0 Å². The molecule has 6 heteroatoms. The molecule has 2 aromatic heterocycles. The molecule has 0 saturated heterocycles. The van der Waals surface area contributed by atoms with Gasteiger partial charge in [-0.2, -0.15) is 0 Å². The summed E-state index contributed by atoms with van der Waals surface area (Å²) in [5.74, 6) is 1.54. The van der Waals surface area contributed by atoms with Crippen molar-refractivity contribution in [1.82, 2.24) is 9.97 Å². The molecule has 0 amide bonds. The van der Waals surface area contributed by atoms with E-state index in [0.29, 0.717) is 11.4 Å². The van der Waals surface area contributed by atoms with Gasteiger partial charge in [-0.25, -0.2) is 9.97 Å². The van der Waals surface area contributed by atoms with Crippen LogP contribution in [0, 0.1) is 0 Å². The fourth-order valence-corrected chi connectivity index (χ4v) is 1.47. The van der Waals surface area contributed by atoms with E-state index in [2.05, 4.69) is 20.6 Å². The molecule has 0 radical (unpaired) electrons. The first-order valence-electron chi connectivity index (χ1n) is 6.57. The zero-order valence-electron chi connectivity index (χ0n) is 11.9. The van der Waals surface area contributed by atoms with Crippen molar-refractivity contribution in [3.05, 3.63) is 36.7 Å². The summed E-state index contributed by atoms with van der Waals surface area (Å²) in [5.41, 5.74) is 12.6. The molecule has 0 spiro atoms. The third-order valence-electron chi connectivity index (χ3n) is 2.37. The number of nitrogens with zero attached hydrogens (tertiary/aromatic N) is 2. The number of nitrogens with one attached hydrogen (secondary N) is 2. The summed E-state index contributed by atoms with van der Waals surface area (Å²) in [6.45, 7) is 5.71. The Hall–Kier alpha value is -2.50. The Labute approximate surface area is 119 Å². The van der Waals surface area contributed by atoms with Crippen LogP contribution in [0.5, 0.6) is 0 Å². The third-order valence-corrected chi connectivity index (χ3v) is 2.37. The van der Waals surface area contributed by atoms with Crippen LogP contribution in [0.1, 0.15) is 13.8 Å².